The third kappa shape index (κ3) is 14.0. The van der Waals surface area contributed by atoms with Crippen LogP contribution in [0.4, 0.5) is 47.3 Å². The average Bonchev–Trinajstić information content (AvgIpc) is 3.39. The number of urea groups is 2. The Labute approximate surface area is 443 Å². The minimum Gasteiger partial charge on any atom is -0.463 e. The Kier molecular flexibility index (Phi) is 19.7. The lowest BCUT2D eigenvalue weighted by atomic mass is 9.92. The minimum atomic E-state index is -4.70. The molecule has 0 saturated heterocycles. The van der Waals surface area contributed by atoms with Gasteiger partial charge in [0.05, 0.1) is 95.4 Å². The van der Waals surface area contributed by atoms with E-state index in [1.807, 2.05) is 23.9 Å². The smallest absolute Gasteiger partial charge is 0.416 e. The van der Waals surface area contributed by atoms with E-state index in [4.69, 9.17) is 14.2 Å². The summed E-state index contributed by atoms with van der Waals surface area (Å²) in [6, 6.07) is 22.2. The molecule has 6 rings (SSSR count). The van der Waals surface area contributed by atoms with Crippen molar-refractivity contribution in [2.45, 2.75) is 65.0 Å². The lowest BCUT2D eigenvalue weighted by molar-refractivity contribution is -0.140. The molecule has 21 heteroatoms. The van der Waals surface area contributed by atoms with Gasteiger partial charge in [-0.3, -0.25) is 9.80 Å². The summed E-state index contributed by atoms with van der Waals surface area (Å²) in [7, 11) is 3.72. The third-order valence-corrected chi connectivity index (χ3v) is 13.2. The van der Waals surface area contributed by atoms with Crippen LogP contribution in [-0.4, -0.2) is 123 Å². The Balaban J connectivity index is 1.09. The number of halogens is 6. The van der Waals surface area contributed by atoms with Gasteiger partial charge in [-0.25, -0.2) is 19.2 Å². The summed E-state index contributed by atoms with van der Waals surface area (Å²) in [6.45, 7) is 8.84. The van der Waals surface area contributed by atoms with Crippen LogP contribution in [0.5, 0.6) is 0 Å². The number of hydrogen-bond acceptors (Lipinski definition) is 11. The van der Waals surface area contributed by atoms with Crippen LogP contribution in [0, 0.1) is 22.7 Å². The maximum atomic E-state index is 14.6. The maximum absolute atomic E-state index is 14.6. The highest BCUT2D eigenvalue weighted by Crippen LogP contribution is 2.43. The molecule has 0 N–H and O–H groups in total. The van der Waals surface area contributed by atoms with Crippen LogP contribution in [0.3, 0.4) is 0 Å². The highest BCUT2D eigenvalue weighted by molar-refractivity contribution is 6.04. The lowest BCUT2D eigenvalue weighted by Gasteiger charge is -2.43. The zero-order chi connectivity index (χ0) is 56.2. The Morgan fingerprint density at radius 3 is 1.27 bits per heavy atom. The standard InChI is InChI=1S/C56H60F6N8O7/c1-7-76-51(71)47-37(3)69(45-15-9-13-43(33-45)55(57,58)59)53(73)67(49(47)41-21-17-39(35-63)18-22-41)27-11-25-65(5)29-31-75-32-30-66(6)26-12-28-68-50(42-23-19-40(36-64)20-24-42)48(52(72)77-8-2)38(4)70(54(68)74)46-16-10-14-44(34-46)56(60,61)62/h9-10,13-24,33-34,49-50H,7-8,11-12,25-32H2,1-6H3/t49-,50-/m1/s1. The SMILES string of the molecule is CCOC(=O)C1=C(C)N(c2cccc(C(F)(F)F)c2)C(=O)N(CCCN(C)CCOCCN(C)CCCN2C(=O)N(c3cccc(C(F)(F)F)c3)C(C)=C(C(=O)OCC)[C@H]2c2ccc(C#N)cc2)[C@@H]1c1ccc(C#N)cc1. The first-order chi connectivity index (χ1) is 36.6. The van der Waals surface area contributed by atoms with Crippen molar-refractivity contribution < 1.29 is 59.7 Å². The number of carbonyl (C=O) groups is 4. The number of allylic oxidation sites excluding steroid dienone is 2. The van der Waals surface area contributed by atoms with Crippen molar-refractivity contribution in [1.82, 2.24) is 19.6 Å². The van der Waals surface area contributed by atoms with Crippen LogP contribution in [0.1, 0.15) is 86.0 Å². The zero-order valence-corrected chi connectivity index (χ0v) is 43.6. The molecule has 77 heavy (non-hydrogen) atoms. The van der Waals surface area contributed by atoms with E-state index in [1.165, 1.54) is 47.9 Å². The number of carbonyl (C=O) groups excluding carboxylic acids is 4. The molecule has 2 aliphatic heterocycles. The topological polar surface area (TPSA) is 163 Å². The summed E-state index contributed by atoms with van der Waals surface area (Å²) < 4.78 is 100. The van der Waals surface area contributed by atoms with Gasteiger partial charge >= 0.3 is 36.4 Å². The quantitative estimate of drug-likeness (QED) is 0.0418. The molecule has 0 spiro atoms. The van der Waals surface area contributed by atoms with E-state index in [2.05, 4.69) is 12.1 Å². The highest BCUT2D eigenvalue weighted by Gasteiger charge is 2.45. The molecule has 0 unspecified atom stereocenters. The molecule has 0 bridgehead atoms. The number of nitrogens with zero attached hydrogens (tertiary/aromatic N) is 8. The molecule has 4 amide bonds. The van der Waals surface area contributed by atoms with E-state index in [9.17, 15) is 56.0 Å². The van der Waals surface area contributed by atoms with Gasteiger partial charge in [0, 0.05) is 37.6 Å². The molecule has 0 aliphatic carbocycles. The maximum Gasteiger partial charge on any atom is 0.416 e. The number of nitriles is 2. The van der Waals surface area contributed by atoms with Gasteiger partial charge in [-0.1, -0.05) is 36.4 Å². The number of benzene rings is 4. The molecule has 2 heterocycles. The van der Waals surface area contributed by atoms with Crippen LogP contribution in [-0.2, 0) is 36.2 Å². The molecular weight excluding hydrogens is 1010 g/mol. The predicted octanol–water partition coefficient (Wildman–Crippen LogP) is 10.5. The first-order valence-corrected chi connectivity index (χ1v) is 24.9. The molecule has 0 aromatic heterocycles. The van der Waals surface area contributed by atoms with Gasteiger partial charge in [-0.05, 0) is 140 Å². The van der Waals surface area contributed by atoms with Gasteiger partial charge in [0.2, 0.25) is 0 Å². The highest BCUT2D eigenvalue weighted by atomic mass is 19.4. The molecule has 2 aliphatic rings. The first kappa shape index (κ1) is 58.5. The van der Waals surface area contributed by atoms with E-state index in [-0.39, 0.29) is 60.2 Å². The molecule has 0 radical (unpaired) electrons. The van der Waals surface area contributed by atoms with Gasteiger partial charge in [0.15, 0.2) is 0 Å². The monoisotopic (exact) mass is 1070 g/mol. The Hall–Kier alpha value is -7.72. The summed E-state index contributed by atoms with van der Waals surface area (Å²) >= 11 is 0. The van der Waals surface area contributed by atoms with Gasteiger partial charge in [-0.2, -0.15) is 36.9 Å². The largest absolute Gasteiger partial charge is 0.463 e. The summed E-state index contributed by atoms with van der Waals surface area (Å²) in [6.07, 6.45) is -8.65. The van der Waals surface area contributed by atoms with Crippen molar-refractivity contribution in [2.24, 2.45) is 0 Å². The average molecular weight is 1070 g/mol. The number of ether oxygens (including phenoxy) is 3. The van der Waals surface area contributed by atoms with E-state index in [0.29, 0.717) is 74.5 Å². The second-order valence-corrected chi connectivity index (χ2v) is 18.4. The number of anilines is 2. The minimum absolute atomic E-state index is 0.00554. The fourth-order valence-corrected chi connectivity index (χ4v) is 9.31. The Bertz CT molecular complexity index is 2720. The summed E-state index contributed by atoms with van der Waals surface area (Å²) in [5, 5.41) is 19.0. The van der Waals surface area contributed by atoms with Crippen molar-refractivity contribution in [3.63, 3.8) is 0 Å². The van der Waals surface area contributed by atoms with Crippen molar-refractivity contribution >= 4 is 35.4 Å². The van der Waals surface area contributed by atoms with E-state index >= 15 is 0 Å². The fourth-order valence-electron chi connectivity index (χ4n) is 9.31. The lowest BCUT2D eigenvalue weighted by Crippen LogP contribution is -2.51. The molecule has 4 aromatic rings. The predicted molar refractivity (Wildman–Crippen MR) is 274 cm³/mol. The summed E-state index contributed by atoms with van der Waals surface area (Å²) in [4.78, 5) is 65.6. The second kappa shape index (κ2) is 25.9. The number of hydrogen-bond donors (Lipinski definition) is 0. The molecule has 408 valence electrons. The Morgan fingerprint density at radius 2 is 0.948 bits per heavy atom. The van der Waals surface area contributed by atoms with E-state index in [0.717, 1.165) is 34.1 Å². The van der Waals surface area contributed by atoms with Crippen LogP contribution < -0.4 is 9.80 Å². The zero-order valence-electron chi connectivity index (χ0n) is 43.6. The van der Waals surface area contributed by atoms with Crippen LogP contribution in [0.15, 0.2) is 120 Å². The molecule has 0 saturated carbocycles. The third-order valence-electron chi connectivity index (χ3n) is 13.2. The molecule has 2 atom stereocenters. The van der Waals surface area contributed by atoms with Crippen LogP contribution >= 0.6 is 0 Å². The molecular formula is C56H60F6N8O7. The fraction of sp³-hybridized carbons (Fsp3) is 0.393. The normalized spacial score (nSPS) is 16.4. The van der Waals surface area contributed by atoms with E-state index in [1.54, 1.807) is 62.4 Å². The number of esters is 2. The van der Waals surface area contributed by atoms with Gasteiger partial charge < -0.3 is 33.8 Å². The van der Waals surface area contributed by atoms with Crippen LogP contribution in [0.2, 0.25) is 0 Å². The number of amides is 4. The molecule has 4 aromatic carbocycles. The molecule has 15 nitrogen and oxygen atoms in total. The number of rotatable bonds is 22. The summed E-state index contributed by atoms with van der Waals surface area (Å²) in [5.74, 6) is -1.50. The van der Waals surface area contributed by atoms with Gasteiger partial charge in [-0.15, -0.1) is 0 Å². The van der Waals surface area contributed by atoms with Crippen LogP contribution in [0.25, 0.3) is 0 Å². The molecule has 0 fully saturated rings. The Morgan fingerprint density at radius 1 is 0.584 bits per heavy atom. The van der Waals surface area contributed by atoms with Crippen molar-refractivity contribution in [1.29, 1.82) is 10.5 Å². The van der Waals surface area contributed by atoms with E-state index < -0.39 is 59.6 Å². The van der Waals surface area contributed by atoms with Crippen molar-refractivity contribution in [3.05, 3.63) is 153 Å². The second-order valence-electron chi connectivity index (χ2n) is 18.4. The van der Waals surface area contributed by atoms with Crippen molar-refractivity contribution in [3.8, 4) is 12.1 Å². The van der Waals surface area contributed by atoms with Crippen molar-refractivity contribution in [2.75, 3.05) is 89.6 Å². The van der Waals surface area contributed by atoms with Gasteiger partial charge in [0.1, 0.15) is 0 Å². The van der Waals surface area contributed by atoms with Gasteiger partial charge in [0.25, 0.3) is 0 Å². The first-order valence-electron chi connectivity index (χ1n) is 24.9. The summed E-state index contributed by atoms with van der Waals surface area (Å²) in [5.41, 5.74) is -0.109. The number of likely N-dealkylation sites (N-methyl/N-ethyl adjacent to an activating group) is 2. The number of alkyl halides is 6.